The third-order valence-electron chi connectivity index (χ3n) is 5.94. The second-order valence-electron chi connectivity index (χ2n) is 8.10. The molecule has 2 aromatic carbocycles. The average Bonchev–Trinajstić information content (AvgIpc) is 3.58. The van der Waals surface area contributed by atoms with E-state index >= 15 is 0 Å². The summed E-state index contributed by atoms with van der Waals surface area (Å²) in [5.41, 5.74) is 2.70. The van der Waals surface area contributed by atoms with Crippen LogP contribution in [-0.4, -0.2) is 55.0 Å². The Labute approximate surface area is 168 Å². The molecule has 0 aromatic heterocycles. The van der Waals surface area contributed by atoms with Crippen molar-refractivity contribution in [2.24, 2.45) is 5.92 Å². The SMILES string of the molecule is O=C(CCN1CCN(C(c2ccccc2)c2ccccc2)CC1)NCC1CC1. The Balaban J connectivity index is 1.32. The zero-order chi connectivity index (χ0) is 19.2. The summed E-state index contributed by atoms with van der Waals surface area (Å²) in [6.07, 6.45) is 3.19. The lowest BCUT2D eigenvalue weighted by molar-refractivity contribution is -0.121. The van der Waals surface area contributed by atoms with Gasteiger partial charge in [-0.15, -0.1) is 0 Å². The van der Waals surface area contributed by atoms with Crippen molar-refractivity contribution in [3.63, 3.8) is 0 Å². The van der Waals surface area contributed by atoms with Gasteiger partial charge in [-0.3, -0.25) is 9.69 Å². The molecule has 1 heterocycles. The molecule has 1 aliphatic heterocycles. The van der Waals surface area contributed by atoms with E-state index in [9.17, 15) is 4.79 Å². The molecular formula is C24H31N3O. The lowest BCUT2D eigenvalue weighted by Gasteiger charge is -2.39. The van der Waals surface area contributed by atoms with E-state index in [2.05, 4.69) is 75.8 Å². The highest BCUT2D eigenvalue weighted by molar-refractivity contribution is 5.76. The monoisotopic (exact) mass is 377 g/mol. The molecule has 0 atom stereocenters. The number of nitrogens with zero attached hydrogens (tertiary/aromatic N) is 2. The summed E-state index contributed by atoms with van der Waals surface area (Å²) in [7, 11) is 0. The topological polar surface area (TPSA) is 35.6 Å². The number of carbonyl (C=O) groups excluding carboxylic acids is 1. The summed E-state index contributed by atoms with van der Waals surface area (Å²) in [5, 5.41) is 3.08. The Morgan fingerprint density at radius 2 is 1.46 bits per heavy atom. The van der Waals surface area contributed by atoms with Crippen LogP contribution in [0.15, 0.2) is 60.7 Å². The molecule has 28 heavy (non-hydrogen) atoms. The van der Waals surface area contributed by atoms with Crippen LogP contribution in [-0.2, 0) is 4.79 Å². The van der Waals surface area contributed by atoms with Gasteiger partial charge in [0.15, 0.2) is 0 Å². The summed E-state index contributed by atoms with van der Waals surface area (Å²) >= 11 is 0. The molecule has 1 aliphatic carbocycles. The number of carbonyl (C=O) groups is 1. The van der Waals surface area contributed by atoms with Gasteiger partial charge in [-0.25, -0.2) is 0 Å². The highest BCUT2D eigenvalue weighted by Gasteiger charge is 2.26. The lowest BCUT2D eigenvalue weighted by Crippen LogP contribution is -2.48. The van der Waals surface area contributed by atoms with Crippen molar-refractivity contribution in [3.05, 3.63) is 71.8 Å². The van der Waals surface area contributed by atoms with E-state index in [-0.39, 0.29) is 5.91 Å². The number of amides is 1. The maximum absolute atomic E-state index is 12.0. The summed E-state index contributed by atoms with van der Waals surface area (Å²) in [6, 6.07) is 21.9. The molecule has 1 amide bonds. The number of piperazine rings is 1. The van der Waals surface area contributed by atoms with Gasteiger partial charge in [0, 0.05) is 45.7 Å². The van der Waals surface area contributed by atoms with Crippen molar-refractivity contribution in [1.29, 1.82) is 0 Å². The van der Waals surface area contributed by atoms with Gasteiger partial charge in [0.1, 0.15) is 0 Å². The molecule has 4 nitrogen and oxygen atoms in total. The molecule has 4 rings (SSSR count). The minimum atomic E-state index is 0.209. The number of rotatable bonds is 8. The fourth-order valence-electron chi connectivity index (χ4n) is 4.06. The fraction of sp³-hybridized carbons (Fsp3) is 0.458. The summed E-state index contributed by atoms with van der Waals surface area (Å²) < 4.78 is 0. The molecule has 2 aliphatic rings. The molecule has 0 unspecified atom stereocenters. The lowest BCUT2D eigenvalue weighted by atomic mass is 9.96. The van der Waals surface area contributed by atoms with Crippen LogP contribution < -0.4 is 5.32 Å². The molecule has 148 valence electrons. The number of benzene rings is 2. The number of nitrogens with one attached hydrogen (secondary N) is 1. The van der Waals surface area contributed by atoms with Crippen molar-refractivity contribution in [2.75, 3.05) is 39.3 Å². The first kappa shape index (κ1) is 19.2. The first-order valence-corrected chi connectivity index (χ1v) is 10.6. The van der Waals surface area contributed by atoms with E-state index in [1.807, 2.05) is 0 Å². The van der Waals surface area contributed by atoms with Crippen LogP contribution in [0.4, 0.5) is 0 Å². The maximum atomic E-state index is 12.0. The number of hydrogen-bond acceptors (Lipinski definition) is 3. The van der Waals surface area contributed by atoms with Gasteiger partial charge in [0.2, 0.25) is 5.91 Å². The van der Waals surface area contributed by atoms with E-state index in [1.165, 1.54) is 24.0 Å². The van der Waals surface area contributed by atoms with Crippen LogP contribution >= 0.6 is 0 Å². The van der Waals surface area contributed by atoms with Gasteiger partial charge in [0.05, 0.1) is 6.04 Å². The van der Waals surface area contributed by atoms with E-state index in [0.29, 0.717) is 12.5 Å². The van der Waals surface area contributed by atoms with Gasteiger partial charge < -0.3 is 10.2 Å². The minimum Gasteiger partial charge on any atom is -0.356 e. The molecule has 0 radical (unpaired) electrons. The highest BCUT2D eigenvalue weighted by atomic mass is 16.1. The third kappa shape index (κ3) is 5.21. The van der Waals surface area contributed by atoms with Crippen molar-refractivity contribution in [3.8, 4) is 0 Å². The van der Waals surface area contributed by atoms with E-state index in [4.69, 9.17) is 0 Å². The number of hydrogen-bond donors (Lipinski definition) is 1. The predicted octanol–water partition coefficient (Wildman–Crippen LogP) is 3.31. The molecule has 1 saturated carbocycles. The van der Waals surface area contributed by atoms with Crippen molar-refractivity contribution in [1.82, 2.24) is 15.1 Å². The zero-order valence-electron chi connectivity index (χ0n) is 16.6. The highest BCUT2D eigenvalue weighted by Crippen LogP contribution is 2.29. The Hall–Kier alpha value is -2.17. The second kappa shape index (κ2) is 9.35. The third-order valence-corrected chi connectivity index (χ3v) is 5.94. The molecule has 0 spiro atoms. The van der Waals surface area contributed by atoms with Crippen molar-refractivity contribution >= 4 is 5.91 Å². The van der Waals surface area contributed by atoms with Gasteiger partial charge in [0.25, 0.3) is 0 Å². The smallest absolute Gasteiger partial charge is 0.221 e. The van der Waals surface area contributed by atoms with Gasteiger partial charge >= 0.3 is 0 Å². The van der Waals surface area contributed by atoms with Crippen LogP contribution in [0.2, 0.25) is 0 Å². The molecule has 2 aromatic rings. The Morgan fingerprint density at radius 3 is 2.00 bits per heavy atom. The van der Waals surface area contributed by atoms with Crippen molar-refractivity contribution in [2.45, 2.75) is 25.3 Å². The summed E-state index contributed by atoms with van der Waals surface area (Å²) in [5.74, 6) is 0.959. The van der Waals surface area contributed by atoms with E-state index in [0.717, 1.165) is 45.2 Å². The largest absolute Gasteiger partial charge is 0.356 e. The van der Waals surface area contributed by atoms with Gasteiger partial charge in [-0.05, 0) is 29.9 Å². The first-order chi connectivity index (χ1) is 13.8. The second-order valence-corrected chi connectivity index (χ2v) is 8.10. The molecule has 1 saturated heterocycles. The zero-order valence-corrected chi connectivity index (χ0v) is 16.6. The fourth-order valence-corrected chi connectivity index (χ4v) is 4.06. The predicted molar refractivity (Wildman–Crippen MR) is 113 cm³/mol. The molecule has 1 N–H and O–H groups in total. The average molecular weight is 378 g/mol. The molecule has 0 bridgehead atoms. The Morgan fingerprint density at radius 1 is 0.893 bits per heavy atom. The van der Waals surface area contributed by atoms with Gasteiger partial charge in [-0.2, -0.15) is 0 Å². The summed E-state index contributed by atoms with van der Waals surface area (Å²) in [4.78, 5) is 17.0. The van der Waals surface area contributed by atoms with E-state index < -0.39 is 0 Å². The van der Waals surface area contributed by atoms with E-state index in [1.54, 1.807) is 0 Å². The maximum Gasteiger partial charge on any atom is 0.221 e. The Kier molecular flexibility index (Phi) is 6.40. The Bertz CT molecular complexity index is 697. The van der Waals surface area contributed by atoms with Crippen LogP contribution in [0.5, 0.6) is 0 Å². The van der Waals surface area contributed by atoms with Crippen LogP contribution in [0, 0.1) is 5.92 Å². The summed E-state index contributed by atoms with van der Waals surface area (Å²) in [6.45, 7) is 5.84. The van der Waals surface area contributed by atoms with Crippen LogP contribution in [0.25, 0.3) is 0 Å². The molecule has 2 fully saturated rings. The normalized spacial score (nSPS) is 18.3. The quantitative estimate of drug-likeness (QED) is 0.767. The van der Waals surface area contributed by atoms with Crippen LogP contribution in [0.3, 0.4) is 0 Å². The van der Waals surface area contributed by atoms with Crippen LogP contribution in [0.1, 0.15) is 36.4 Å². The standard InChI is InChI=1S/C24H31N3O/c28-23(25-19-20-11-12-20)13-14-26-15-17-27(18-16-26)24(21-7-3-1-4-8-21)22-9-5-2-6-10-22/h1-10,20,24H,11-19H2,(H,25,28). The molecule has 4 heteroatoms. The first-order valence-electron chi connectivity index (χ1n) is 10.6. The van der Waals surface area contributed by atoms with Gasteiger partial charge in [-0.1, -0.05) is 60.7 Å². The minimum absolute atomic E-state index is 0.209. The van der Waals surface area contributed by atoms with Crippen molar-refractivity contribution < 1.29 is 4.79 Å². The molecular weight excluding hydrogens is 346 g/mol.